The van der Waals surface area contributed by atoms with Crippen LogP contribution >= 0.6 is 0 Å². The largest absolute Gasteiger partial charge is 0.416 e. The van der Waals surface area contributed by atoms with Crippen LogP contribution in [0.5, 0.6) is 0 Å². The van der Waals surface area contributed by atoms with Gasteiger partial charge in [-0.1, -0.05) is 12.1 Å². The molecule has 0 amide bonds. The molecule has 0 aliphatic carbocycles. The lowest BCUT2D eigenvalue weighted by molar-refractivity contribution is -0.138. The monoisotopic (exact) mass is 293 g/mol. The Hall–Kier alpha value is -1.34. The van der Waals surface area contributed by atoms with Gasteiger partial charge in [-0.25, -0.2) is 13.1 Å². The zero-order valence-electron chi connectivity index (χ0n) is 10.3. The van der Waals surface area contributed by atoms with Gasteiger partial charge in [0, 0.05) is 6.54 Å². The van der Waals surface area contributed by atoms with E-state index in [-0.39, 0.29) is 17.0 Å². The number of hydrogen-bond donors (Lipinski definition) is 1. The van der Waals surface area contributed by atoms with E-state index >= 15 is 0 Å². The smallest absolute Gasteiger partial charge is 0.211 e. The molecule has 0 heterocycles. The lowest BCUT2D eigenvalue weighted by Crippen LogP contribution is -2.26. The first-order valence-electron chi connectivity index (χ1n) is 5.47. The van der Waals surface area contributed by atoms with Crippen LogP contribution in [0.25, 0.3) is 0 Å². The molecule has 0 unspecified atom stereocenters. The molecule has 0 bridgehead atoms. The van der Waals surface area contributed by atoms with Crippen molar-refractivity contribution >= 4 is 10.0 Å². The zero-order valence-corrected chi connectivity index (χ0v) is 11.1. The molecule has 0 radical (unpaired) electrons. The van der Waals surface area contributed by atoms with E-state index in [2.05, 4.69) is 11.3 Å². The maximum absolute atomic E-state index is 12.7. The highest BCUT2D eigenvalue weighted by atomic mass is 32.2. The van der Waals surface area contributed by atoms with E-state index in [0.717, 1.165) is 25.1 Å². The quantitative estimate of drug-likeness (QED) is 0.670. The number of benzene rings is 1. The average Bonchev–Trinajstić information content (AvgIpc) is 2.27. The lowest BCUT2D eigenvalue weighted by atomic mass is 10.1. The first-order valence-corrected chi connectivity index (χ1v) is 6.96. The summed E-state index contributed by atoms with van der Waals surface area (Å²) in [5, 5.41) is 0. The molecule has 1 N–H and O–H groups in total. The molecule has 106 valence electrons. The Morgan fingerprint density at radius 2 is 2.00 bits per heavy atom. The summed E-state index contributed by atoms with van der Waals surface area (Å²) in [6.07, 6.45) is -2.66. The third-order valence-corrected chi connectivity index (χ3v) is 4.13. The van der Waals surface area contributed by atoms with Crippen molar-refractivity contribution in [2.75, 3.05) is 6.54 Å². The number of hydrogen-bond acceptors (Lipinski definition) is 2. The summed E-state index contributed by atoms with van der Waals surface area (Å²) in [5.74, 6) is 0. The first kappa shape index (κ1) is 15.7. The summed E-state index contributed by atoms with van der Waals surface area (Å²) in [6.45, 7) is 4.68. The maximum atomic E-state index is 12.7. The Morgan fingerprint density at radius 1 is 1.37 bits per heavy atom. The molecule has 7 heteroatoms. The lowest BCUT2D eigenvalue weighted by Gasteiger charge is -2.14. The molecule has 0 spiro atoms. The van der Waals surface area contributed by atoms with Gasteiger partial charge in [-0.15, -0.1) is 6.58 Å². The van der Waals surface area contributed by atoms with Gasteiger partial charge in [0.1, 0.15) is 0 Å². The Labute approximate surface area is 110 Å². The number of nitrogens with one attached hydrogen (secondary N) is 1. The van der Waals surface area contributed by atoms with Gasteiger partial charge in [-0.3, -0.25) is 0 Å². The number of alkyl halides is 3. The molecule has 1 aromatic rings. The fourth-order valence-electron chi connectivity index (χ4n) is 1.59. The van der Waals surface area contributed by atoms with Crippen molar-refractivity contribution in [2.45, 2.75) is 24.4 Å². The fourth-order valence-corrected chi connectivity index (χ4v) is 2.90. The molecule has 3 nitrogen and oxygen atoms in total. The topological polar surface area (TPSA) is 46.2 Å². The highest BCUT2D eigenvalue weighted by molar-refractivity contribution is 7.89. The summed E-state index contributed by atoms with van der Waals surface area (Å²) < 4.78 is 64.1. The number of halogens is 3. The van der Waals surface area contributed by atoms with Gasteiger partial charge in [0.15, 0.2) is 0 Å². The minimum atomic E-state index is -4.57. The average molecular weight is 293 g/mol. The van der Waals surface area contributed by atoms with Crippen molar-refractivity contribution in [1.82, 2.24) is 4.72 Å². The standard InChI is InChI=1S/C12H14F3NO2S/c1-3-4-8-16-19(17,18)11-7-5-6-10(9(11)2)12(13,14)15/h3,5-7,16H,1,4,8H2,2H3. The summed E-state index contributed by atoms with van der Waals surface area (Å²) in [6, 6.07) is 3.09. The Kier molecular flexibility index (Phi) is 4.75. The van der Waals surface area contributed by atoms with Crippen LogP contribution in [-0.4, -0.2) is 15.0 Å². The van der Waals surface area contributed by atoms with E-state index in [4.69, 9.17) is 0 Å². The van der Waals surface area contributed by atoms with Gasteiger partial charge in [-0.05, 0) is 31.0 Å². The van der Waals surface area contributed by atoms with Crippen molar-refractivity contribution in [3.8, 4) is 0 Å². The van der Waals surface area contributed by atoms with Crippen LogP contribution in [-0.2, 0) is 16.2 Å². The molecule has 0 fully saturated rings. The fraction of sp³-hybridized carbons (Fsp3) is 0.333. The van der Waals surface area contributed by atoms with Gasteiger partial charge in [0.2, 0.25) is 10.0 Å². The number of sulfonamides is 1. The minimum absolute atomic E-state index is 0.0987. The highest BCUT2D eigenvalue weighted by Gasteiger charge is 2.34. The Morgan fingerprint density at radius 3 is 2.53 bits per heavy atom. The van der Waals surface area contributed by atoms with Gasteiger partial charge in [0.05, 0.1) is 10.5 Å². The van der Waals surface area contributed by atoms with E-state index in [9.17, 15) is 21.6 Å². The minimum Gasteiger partial charge on any atom is -0.211 e. The van der Waals surface area contributed by atoms with Crippen LogP contribution in [0, 0.1) is 6.92 Å². The van der Waals surface area contributed by atoms with Crippen LogP contribution in [0.2, 0.25) is 0 Å². The normalized spacial score (nSPS) is 12.4. The van der Waals surface area contributed by atoms with E-state index in [1.54, 1.807) is 0 Å². The summed E-state index contributed by atoms with van der Waals surface area (Å²) in [7, 11) is -3.94. The van der Waals surface area contributed by atoms with Gasteiger partial charge < -0.3 is 0 Å². The highest BCUT2D eigenvalue weighted by Crippen LogP contribution is 2.33. The zero-order chi connectivity index (χ0) is 14.7. The van der Waals surface area contributed by atoms with Crippen molar-refractivity contribution in [2.24, 2.45) is 0 Å². The molecule has 0 saturated carbocycles. The third-order valence-electron chi connectivity index (χ3n) is 2.52. The second kappa shape index (κ2) is 5.75. The van der Waals surface area contributed by atoms with Crippen LogP contribution in [0.1, 0.15) is 17.5 Å². The van der Waals surface area contributed by atoms with Crippen LogP contribution in [0.4, 0.5) is 13.2 Å². The van der Waals surface area contributed by atoms with E-state index in [1.807, 2.05) is 0 Å². The SMILES string of the molecule is C=CCCNS(=O)(=O)c1cccc(C(F)(F)F)c1C. The van der Waals surface area contributed by atoms with Crippen LogP contribution in [0.15, 0.2) is 35.7 Å². The molecule has 1 rings (SSSR count). The van der Waals surface area contributed by atoms with Crippen LogP contribution in [0.3, 0.4) is 0 Å². The maximum Gasteiger partial charge on any atom is 0.416 e. The molecular formula is C12H14F3NO2S. The van der Waals surface area contributed by atoms with Crippen molar-refractivity contribution in [3.63, 3.8) is 0 Å². The second-order valence-corrected chi connectivity index (χ2v) is 5.64. The van der Waals surface area contributed by atoms with Crippen LogP contribution < -0.4 is 4.72 Å². The van der Waals surface area contributed by atoms with Gasteiger partial charge in [-0.2, -0.15) is 13.2 Å². The third kappa shape index (κ3) is 3.81. The van der Waals surface area contributed by atoms with E-state index < -0.39 is 21.8 Å². The summed E-state index contributed by atoms with van der Waals surface area (Å²) in [5.41, 5.74) is -1.25. The van der Waals surface area contributed by atoms with Crippen molar-refractivity contribution in [1.29, 1.82) is 0 Å². The van der Waals surface area contributed by atoms with Crippen molar-refractivity contribution < 1.29 is 21.6 Å². The van der Waals surface area contributed by atoms with Gasteiger partial charge in [0.25, 0.3) is 0 Å². The molecule has 0 atom stereocenters. The summed E-state index contributed by atoms with van der Waals surface area (Å²) >= 11 is 0. The molecule has 1 aromatic carbocycles. The second-order valence-electron chi connectivity index (χ2n) is 3.90. The Bertz CT molecular complexity index is 565. The first-order chi connectivity index (χ1) is 8.70. The van der Waals surface area contributed by atoms with E-state index in [1.165, 1.54) is 6.08 Å². The predicted molar refractivity (Wildman–Crippen MR) is 66.2 cm³/mol. The molecule has 0 aromatic heterocycles. The Balaban J connectivity index is 3.18. The molecule has 0 aliphatic rings. The summed E-state index contributed by atoms with van der Waals surface area (Å²) in [4.78, 5) is -0.355. The molecule has 19 heavy (non-hydrogen) atoms. The van der Waals surface area contributed by atoms with Crippen molar-refractivity contribution in [3.05, 3.63) is 42.0 Å². The molecular weight excluding hydrogens is 279 g/mol. The van der Waals surface area contributed by atoms with E-state index in [0.29, 0.717) is 6.42 Å². The molecule has 0 saturated heterocycles. The molecule has 0 aliphatic heterocycles. The van der Waals surface area contributed by atoms with Gasteiger partial charge >= 0.3 is 6.18 Å². The number of rotatable bonds is 5. The predicted octanol–water partition coefficient (Wildman–Crippen LogP) is 2.87.